The molecule has 0 unspecified atom stereocenters. The second kappa shape index (κ2) is 5.32. The molecule has 84 valence electrons. The molecule has 1 amide bonds. The molecule has 4 nitrogen and oxygen atoms in total. The lowest BCUT2D eigenvalue weighted by molar-refractivity contribution is -0.121. The molecule has 0 atom stereocenters. The Hall–Kier alpha value is -1.81. The van der Waals surface area contributed by atoms with Crippen LogP contribution in [0.15, 0.2) is 30.3 Å². The van der Waals surface area contributed by atoms with Crippen LogP contribution in [0, 0.1) is 5.41 Å². The van der Waals surface area contributed by atoms with Gasteiger partial charge in [0.15, 0.2) is 5.96 Å². The molecule has 0 aromatic heterocycles. The van der Waals surface area contributed by atoms with Crippen LogP contribution in [0.2, 0.25) is 5.02 Å². The Balaban J connectivity index is 2.79. The van der Waals surface area contributed by atoms with Gasteiger partial charge >= 0.3 is 0 Å². The number of benzene rings is 1. The maximum absolute atomic E-state index is 11.4. The standard InChI is InChI=1S/C11H12ClN3O/c1-15(11(13)14)10(16)7-6-8-4-2-3-5-9(8)12/h2-7H,1H3,(H3,13,14)/b7-6+. The summed E-state index contributed by atoms with van der Waals surface area (Å²) in [7, 11) is 1.43. The number of nitrogens with two attached hydrogens (primary N) is 1. The molecule has 0 aliphatic heterocycles. The molecule has 1 rings (SSSR count). The number of carbonyl (C=O) groups excluding carboxylic acids is 1. The zero-order chi connectivity index (χ0) is 12.1. The largest absolute Gasteiger partial charge is 0.370 e. The number of rotatable bonds is 2. The summed E-state index contributed by atoms with van der Waals surface area (Å²) < 4.78 is 0. The van der Waals surface area contributed by atoms with E-state index in [2.05, 4.69) is 0 Å². The molecular weight excluding hydrogens is 226 g/mol. The van der Waals surface area contributed by atoms with Gasteiger partial charge < -0.3 is 5.73 Å². The van der Waals surface area contributed by atoms with Crippen LogP contribution in [-0.4, -0.2) is 23.8 Å². The first-order chi connectivity index (χ1) is 7.52. The molecule has 0 spiro atoms. The quantitative estimate of drug-likeness (QED) is 0.467. The SMILES string of the molecule is CN(C(=N)N)C(=O)/C=C/c1ccccc1Cl. The van der Waals surface area contributed by atoms with E-state index in [9.17, 15) is 4.79 Å². The molecule has 0 saturated heterocycles. The minimum atomic E-state index is -0.368. The van der Waals surface area contributed by atoms with Crippen molar-refractivity contribution < 1.29 is 4.79 Å². The van der Waals surface area contributed by atoms with Crippen molar-refractivity contribution in [2.45, 2.75) is 0 Å². The van der Waals surface area contributed by atoms with Gasteiger partial charge in [-0.1, -0.05) is 29.8 Å². The third-order valence-electron chi connectivity index (χ3n) is 2.00. The van der Waals surface area contributed by atoms with E-state index in [0.29, 0.717) is 5.02 Å². The number of likely N-dealkylation sites (N-methyl/N-ethyl adjacent to an activating group) is 1. The lowest BCUT2D eigenvalue weighted by Gasteiger charge is -2.11. The van der Waals surface area contributed by atoms with Crippen LogP contribution in [0.25, 0.3) is 6.08 Å². The number of hydrogen-bond acceptors (Lipinski definition) is 2. The van der Waals surface area contributed by atoms with E-state index in [1.165, 1.54) is 13.1 Å². The number of nitrogens with zero attached hydrogens (tertiary/aromatic N) is 1. The Bertz CT molecular complexity index is 443. The minimum absolute atomic E-state index is 0.297. The molecule has 3 N–H and O–H groups in total. The van der Waals surface area contributed by atoms with E-state index >= 15 is 0 Å². The number of guanidine groups is 1. The van der Waals surface area contributed by atoms with E-state index in [4.69, 9.17) is 22.7 Å². The highest BCUT2D eigenvalue weighted by atomic mass is 35.5. The summed E-state index contributed by atoms with van der Waals surface area (Å²) in [6.07, 6.45) is 2.91. The normalized spacial score (nSPS) is 10.4. The van der Waals surface area contributed by atoms with Gasteiger partial charge in [0.05, 0.1) is 0 Å². The molecule has 0 aliphatic rings. The summed E-state index contributed by atoms with van der Waals surface area (Å²) in [5, 5.41) is 7.65. The summed E-state index contributed by atoms with van der Waals surface area (Å²) in [6, 6.07) is 7.16. The maximum Gasteiger partial charge on any atom is 0.253 e. The molecule has 16 heavy (non-hydrogen) atoms. The summed E-state index contributed by atoms with van der Waals surface area (Å²) in [6.45, 7) is 0. The van der Waals surface area contributed by atoms with Crippen molar-refractivity contribution in [3.05, 3.63) is 40.9 Å². The summed E-state index contributed by atoms with van der Waals surface area (Å²) in [5.41, 5.74) is 5.91. The molecule has 1 aromatic carbocycles. The van der Waals surface area contributed by atoms with Gasteiger partial charge in [0.2, 0.25) is 0 Å². The van der Waals surface area contributed by atoms with Crippen LogP contribution < -0.4 is 5.73 Å². The second-order valence-corrected chi connectivity index (χ2v) is 3.54. The van der Waals surface area contributed by atoms with E-state index in [0.717, 1.165) is 10.5 Å². The second-order valence-electron chi connectivity index (χ2n) is 3.14. The monoisotopic (exact) mass is 237 g/mol. The molecule has 1 aromatic rings. The Morgan fingerprint density at radius 1 is 1.50 bits per heavy atom. The van der Waals surface area contributed by atoms with Gasteiger partial charge in [-0.15, -0.1) is 0 Å². The highest BCUT2D eigenvalue weighted by Gasteiger charge is 2.06. The molecule has 5 heteroatoms. The Labute approximate surface area is 98.8 Å². The van der Waals surface area contributed by atoms with Crippen molar-refractivity contribution >= 4 is 29.5 Å². The van der Waals surface area contributed by atoms with Crippen LogP contribution in [0.3, 0.4) is 0 Å². The lowest BCUT2D eigenvalue weighted by atomic mass is 10.2. The number of halogens is 1. The van der Waals surface area contributed by atoms with E-state index in [1.54, 1.807) is 18.2 Å². The Kier molecular flexibility index (Phi) is 4.08. The fourth-order valence-corrected chi connectivity index (χ4v) is 1.20. The van der Waals surface area contributed by atoms with E-state index < -0.39 is 0 Å². The van der Waals surface area contributed by atoms with E-state index in [1.807, 2.05) is 12.1 Å². The van der Waals surface area contributed by atoms with Crippen molar-refractivity contribution in [2.75, 3.05) is 7.05 Å². The predicted molar refractivity (Wildman–Crippen MR) is 65.2 cm³/mol. The zero-order valence-corrected chi connectivity index (χ0v) is 9.53. The smallest absolute Gasteiger partial charge is 0.253 e. The first kappa shape index (κ1) is 12.3. The molecule has 0 aliphatic carbocycles. The lowest BCUT2D eigenvalue weighted by Crippen LogP contribution is -2.36. The molecular formula is C11H12ClN3O. The van der Waals surface area contributed by atoms with Crippen molar-refractivity contribution in [1.29, 1.82) is 5.41 Å². The van der Waals surface area contributed by atoms with Gasteiger partial charge in [0, 0.05) is 18.1 Å². The van der Waals surface area contributed by atoms with Gasteiger partial charge in [-0.3, -0.25) is 15.1 Å². The highest BCUT2D eigenvalue weighted by Crippen LogP contribution is 2.16. The average molecular weight is 238 g/mol. The zero-order valence-electron chi connectivity index (χ0n) is 8.77. The van der Waals surface area contributed by atoms with Crippen molar-refractivity contribution in [2.24, 2.45) is 5.73 Å². The highest BCUT2D eigenvalue weighted by molar-refractivity contribution is 6.32. The van der Waals surface area contributed by atoms with Gasteiger partial charge in [-0.25, -0.2) is 0 Å². The Morgan fingerprint density at radius 3 is 2.69 bits per heavy atom. The summed E-state index contributed by atoms with van der Waals surface area (Å²) in [4.78, 5) is 12.5. The van der Waals surface area contributed by atoms with Crippen molar-refractivity contribution in [3.63, 3.8) is 0 Å². The molecule has 0 fully saturated rings. The van der Waals surface area contributed by atoms with Crippen LogP contribution >= 0.6 is 11.6 Å². The molecule has 0 heterocycles. The van der Waals surface area contributed by atoms with Crippen molar-refractivity contribution in [3.8, 4) is 0 Å². The number of amides is 1. The van der Waals surface area contributed by atoms with Crippen LogP contribution in [0.4, 0.5) is 0 Å². The van der Waals surface area contributed by atoms with Gasteiger partial charge in [0.1, 0.15) is 0 Å². The molecule has 0 radical (unpaired) electrons. The van der Waals surface area contributed by atoms with Gasteiger partial charge in [-0.2, -0.15) is 0 Å². The van der Waals surface area contributed by atoms with Crippen LogP contribution in [-0.2, 0) is 4.79 Å². The first-order valence-corrected chi connectivity index (χ1v) is 4.94. The molecule has 0 saturated carbocycles. The summed E-state index contributed by atoms with van der Waals surface area (Å²) >= 11 is 5.91. The molecule has 0 bridgehead atoms. The average Bonchev–Trinajstić information content (AvgIpc) is 2.26. The maximum atomic E-state index is 11.4. The third-order valence-corrected chi connectivity index (χ3v) is 2.35. The minimum Gasteiger partial charge on any atom is -0.370 e. The fraction of sp³-hybridized carbons (Fsp3) is 0.0909. The Morgan fingerprint density at radius 2 is 2.12 bits per heavy atom. The fourth-order valence-electron chi connectivity index (χ4n) is 1.00. The number of carbonyl (C=O) groups is 1. The third kappa shape index (κ3) is 3.10. The van der Waals surface area contributed by atoms with Gasteiger partial charge in [-0.05, 0) is 17.7 Å². The van der Waals surface area contributed by atoms with E-state index in [-0.39, 0.29) is 11.9 Å². The first-order valence-electron chi connectivity index (χ1n) is 4.56. The van der Waals surface area contributed by atoms with Gasteiger partial charge in [0.25, 0.3) is 5.91 Å². The van der Waals surface area contributed by atoms with Crippen LogP contribution in [0.5, 0.6) is 0 Å². The topological polar surface area (TPSA) is 70.2 Å². The van der Waals surface area contributed by atoms with Crippen molar-refractivity contribution in [1.82, 2.24) is 4.90 Å². The number of nitrogens with one attached hydrogen (secondary N) is 1. The van der Waals surface area contributed by atoms with Crippen LogP contribution in [0.1, 0.15) is 5.56 Å². The summed E-state index contributed by atoms with van der Waals surface area (Å²) in [5.74, 6) is -0.666. The predicted octanol–water partition coefficient (Wildman–Crippen LogP) is 1.71. The number of hydrogen-bond donors (Lipinski definition) is 2.